The molecule has 0 saturated carbocycles. The van der Waals surface area contributed by atoms with Gasteiger partial charge in [-0.25, -0.2) is 4.68 Å². The monoisotopic (exact) mass is 313 g/mol. The van der Waals surface area contributed by atoms with E-state index in [9.17, 15) is 4.79 Å². The van der Waals surface area contributed by atoms with Gasteiger partial charge in [-0.05, 0) is 32.5 Å². The third-order valence-corrected chi connectivity index (χ3v) is 4.13. The number of rotatable bonds is 5. The van der Waals surface area contributed by atoms with E-state index in [1.165, 1.54) is 0 Å². The van der Waals surface area contributed by atoms with Crippen LogP contribution in [-0.4, -0.2) is 47.3 Å². The average molecular weight is 313 g/mol. The van der Waals surface area contributed by atoms with Crippen LogP contribution in [0.1, 0.15) is 12.0 Å². The molecule has 3 rings (SSSR count). The molecule has 6 heteroatoms. The van der Waals surface area contributed by atoms with Crippen LogP contribution in [0.15, 0.2) is 36.5 Å². The van der Waals surface area contributed by atoms with Gasteiger partial charge in [0, 0.05) is 13.1 Å². The summed E-state index contributed by atoms with van der Waals surface area (Å²) in [7, 11) is 3.86. The van der Waals surface area contributed by atoms with E-state index in [4.69, 9.17) is 0 Å². The number of nitrogens with zero attached hydrogens (tertiary/aromatic N) is 3. The predicted molar refractivity (Wildman–Crippen MR) is 91.6 cm³/mol. The number of nitrogens with one attached hydrogen (secondary N) is 2. The average Bonchev–Trinajstić information content (AvgIpc) is 2.96. The van der Waals surface area contributed by atoms with Crippen LogP contribution in [-0.2, 0) is 17.8 Å². The molecule has 0 fully saturated rings. The molecule has 2 aromatic rings. The summed E-state index contributed by atoms with van der Waals surface area (Å²) in [5, 5.41) is 10.7. The molecular weight excluding hydrogens is 290 g/mol. The molecule has 1 aliphatic heterocycles. The Morgan fingerprint density at radius 3 is 2.91 bits per heavy atom. The summed E-state index contributed by atoms with van der Waals surface area (Å²) in [6.07, 6.45) is 3.45. The number of benzene rings is 1. The van der Waals surface area contributed by atoms with Gasteiger partial charge in [0.25, 0.3) is 0 Å². The van der Waals surface area contributed by atoms with Crippen LogP contribution in [0.3, 0.4) is 0 Å². The summed E-state index contributed by atoms with van der Waals surface area (Å²) >= 11 is 0. The van der Waals surface area contributed by atoms with Gasteiger partial charge in [0.1, 0.15) is 11.5 Å². The molecule has 2 N–H and O–H groups in total. The minimum absolute atomic E-state index is 0.0120. The lowest BCUT2D eigenvalue weighted by atomic mass is 10.0. The van der Waals surface area contributed by atoms with Crippen LogP contribution in [0.4, 0.5) is 11.5 Å². The van der Waals surface area contributed by atoms with Gasteiger partial charge in [0.05, 0.1) is 12.2 Å². The van der Waals surface area contributed by atoms with Gasteiger partial charge in [-0.3, -0.25) is 9.69 Å². The maximum absolute atomic E-state index is 12.7. The number of hydrogen-bond donors (Lipinski definition) is 2. The van der Waals surface area contributed by atoms with Crippen molar-refractivity contribution >= 4 is 17.4 Å². The molecule has 122 valence electrons. The van der Waals surface area contributed by atoms with Crippen LogP contribution in [0.25, 0.3) is 0 Å². The molecule has 23 heavy (non-hydrogen) atoms. The Kier molecular flexibility index (Phi) is 4.62. The maximum atomic E-state index is 12.7. The Labute approximate surface area is 136 Å². The number of aromatic nitrogens is 2. The van der Waals surface area contributed by atoms with Crippen molar-refractivity contribution in [2.24, 2.45) is 0 Å². The number of likely N-dealkylation sites (N-methyl/N-ethyl adjacent to an activating group) is 1. The number of anilines is 2. The van der Waals surface area contributed by atoms with E-state index in [2.05, 4.69) is 15.7 Å². The maximum Gasteiger partial charge on any atom is 0.242 e. The highest BCUT2D eigenvalue weighted by Crippen LogP contribution is 2.24. The first-order valence-corrected chi connectivity index (χ1v) is 7.96. The lowest BCUT2D eigenvalue weighted by molar-refractivity contribution is -0.120. The van der Waals surface area contributed by atoms with Crippen molar-refractivity contribution in [1.29, 1.82) is 0 Å². The molecule has 0 bridgehead atoms. The number of hydrogen-bond acceptors (Lipinski definition) is 4. The highest BCUT2D eigenvalue weighted by atomic mass is 16.2. The van der Waals surface area contributed by atoms with Gasteiger partial charge in [-0.2, -0.15) is 5.10 Å². The lowest BCUT2D eigenvalue weighted by Gasteiger charge is -2.24. The SMILES string of the molecule is CN(C)[C@@H](Cc1ccccc1)C(=O)Nc1cnn2c1NCCC2. The van der Waals surface area contributed by atoms with Crippen molar-refractivity contribution in [3.63, 3.8) is 0 Å². The zero-order valence-corrected chi connectivity index (χ0v) is 13.6. The fraction of sp³-hybridized carbons (Fsp3) is 0.412. The van der Waals surface area contributed by atoms with Crippen LogP contribution in [0, 0.1) is 0 Å². The van der Waals surface area contributed by atoms with Crippen molar-refractivity contribution in [2.75, 3.05) is 31.3 Å². The molecule has 0 spiro atoms. The predicted octanol–water partition coefficient (Wildman–Crippen LogP) is 1.81. The molecule has 1 aromatic carbocycles. The second-order valence-corrected chi connectivity index (χ2v) is 6.07. The fourth-order valence-electron chi connectivity index (χ4n) is 2.83. The molecule has 1 atom stereocenters. The van der Waals surface area contributed by atoms with E-state index in [1.807, 2.05) is 54.0 Å². The fourth-order valence-corrected chi connectivity index (χ4v) is 2.83. The van der Waals surface area contributed by atoms with Crippen LogP contribution >= 0.6 is 0 Å². The number of carbonyl (C=O) groups is 1. The van der Waals surface area contributed by atoms with Gasteiger partial charge < -0.3 is 10.6 Å². The van der Waals surface area contributed by atoms with E-state index in [0.29, 0.717) is 6.42 Å². The molecular formula is C17H23N5O. The van der Waals surface area contributed by atoms with Gasteiger partial charge in [-0.1, -0.05) is 30.3 Å². The standard InChI is InChI=1S/C17H23N5O/c1-21(2)15(11-13-7-4-3-5-8-13)17(23)20-14-12-19-22-10-6-9-18-16(14)22/h3-5,7-8,12,15,18H,6,9-11H2,1-2H3,(H,20,23)/t15-/m0/s1. The number of aryl methyl sites for hydroxylation is 1. The van der Waals surface area contributed by atoms with Crippen LogP contribution < -0.4 is 10.6 Å². The second kappa shape index (κ2) is 6.83. The smallest absolute Gasteiger partial charge is 0.242 e. The summed E-state index contributed by atoms with van der Waals surface area (Å²) in [4.78, 5) is 14.7. The normalized spacial score (nSPS) is 14.9. The number of amides is 1. The first-order chi connectivity index (χ1) is 11.1. The first-order valence-electron chi connectivity index (χ1n) is 7.96. The summed E-state index contributed by atoms with van der Waals surface area (Å²) in [6.45, 7) is 1.80. The van der Waals surface area contributed by atoms with Crippen molar-refractivity contribution in [1.82, 2.24) is 14.7 Å². The van der Waals surface area contributed by atoms with Crippen molar-refractivity contribution in [2.45, 2.75) is 25.4 Å². The van der Waals surface area contributed by atoms with Gasteiger partial charge in [0.2, 0.25) is 5.91 Å². The van der Waals surface area contributed by atoms with Gasteiger partial charge in [0.15, 0.2) is 0 Å². The quantitative estimate of drug-likeness (QED) is 0.884. The Bertz CT molecular complexity index is 665. The molecule has 1 amide bonds. The summed E-state index contributed by atoms with van der Waals surface area (Å²) in [6, 6.07) is 9.85. The van der Waals surface area contributed by atoms with Crippen molar-refractivity contribution < 1.29 is 4.79 Å². The second-order valence-electron chi connectivity index (χ2n) is 6.07. The van der Waals surface area contributed by atoms with E-state index in [1.54, 1.807) is 6.20 Å². The van der Waals surface area contributed by atoms with E-state index in [0.717, 1.165) is 36.6 Å². The molecule has 1 aliphatic rings. The van der Waals surface area contributed by atoms with E-state index < -0.39 is 0 Å². The van der Waals surface area contributed by atoms with Crippen molar-refractivity contribution in [3.05, 3.63) is 42.1 Å². The third-order valence-electron chi connectivity index (χ3n) is 4.13. The zero-order chi connectivity index (χ0) is 16.2. The summed E-state index contributed by atoms with van der Waals surface area (Å²) < 4.78 is 1.90. The Morgan fingerprint density at radius 2 is 2.17 bits per heavy atom. The van der Waals surface area contributed by atoms with Crippen LogP contribution in [0.5, 0.6) is 0 Å². The van der Waals surface area contributed by atoms with Crippen LogP contribution in [0.2, 0.25) is 0 Å². The topological polar surface area (TPSA) is 62.2 Å². The number of carbonyl (C=O) groups excluding carboxylic acids is 1. The first kappa shape index (κ1) is 15.6. The largest absolute Gasteiger partial charge is 0.368 e. The van der Waals surface area contributed by atoms with Gasteiger partial charge >= 0.3 is 0 Å². The molecule has 0 aliphatic carbocycles. The van der Waals surface area contributed by atoms with E-state index >= 15 is 0 Å². The molecule has 0 unspecified atom stereocenters. The van der Waals surface area contributed by atoms with Crippen molar-refractivity contribution in [3.8, 4) is 0 Å². The molecule has 6 nitrogen and oxygen atoms in total. The zero-order valence-electron chi connectivity index (χ0n) is 13.6. The summed E-state index contributed by atoms with van der Waals surface area (Å²) in [5.74, 6) is 0.892. The minimum Gasteiger partial charge on any atom is -0.368 e. The minimum atomic E-state index is -0.225. The van der Waals surface area contributed by atoms with E-state index in [-0.39, 0.29) is 11.9 Å². The molecule has 1 aromatic heterocycles. The number of fused-ring (bicyclic) bond motifs is 1. The lowest BCUT2D eigenvalue weighted by Crippen LogP contribution is -2.41. The molecule has 2 heterocycles. The highest BCUT2D eigenvalue weighted by Gasteiger charge is 2.24. The molecule has 0 radical (unpaired) electrons. The van der Waals surface area contributed by atoms with Gasteiger partial charge in [-0.15, -0.1) is 0 Å². The third kappa shape index (κ3) is 3.53. The Balaban J connectivity index is 1.73. The Hall–Kier alpha value is -2.34. The summed E-state index contributed by atoms with van der Waals surface area (Å²) in [5.41, 5.74) is 1.91. The Morgan fingerprint density at radius 1 is 1.39 bits per heavy atom. The highest BCUT2D eigenvalue weighted by molar-refractivity contribution is 5.97. The molecule has 0 saturated heterocycles.